The van der Waals surface area contributed by atoms with Gasteiger partial charge >= 0.3 is 12.1 Å². The molecule has 228 valence electrons. The van der Waals surface area contributed by atoms with Gasteiger partial charge in [0, 0.05) is 36.0 Å². The number of rotatable bonds is 7. The molecule has 2 N–H and O–H groups in total. The first-order chi connectivity index (χ1) is 20.8. The predicted octanol–water partition coefficient (Wildman–Crippen LogP) is 5.79. The molecule has 1 amide bonds. The molecule has 0 spiro atoms. The predicted molar refractivity (Wildman–Crippen MR) is 154 cm³/mol. The fourth-order valence-corrected chi connectivity index (χ4v) is 5.39. The lowest BCUT2D eigenvalue weighted by atomic mass is 9.78. The van der Waals surface area contributed by atoms with E-state index in [1.807, 2.05) is 13.8 Å². The molecule has 0 bridgehead atoms. The number of nitrogens with one attached hydrogen (secondary N) is 1. The zero-order valence-corrected chi connectivity index (χ0v) is 24.1. The van der Waals surface area contributed by atoms with Crippen LogP contribution in [0.2, 0.25) is 0 Å². The van der Waals surface area contributed by atoms with Gasteiger partial charge in [-0.25, -0.2) is 19.7 Å². The van der Waals surface area contributed by atoms with Gasteiger partial charge in [0.1, 0.15) is 16.7 Å². The Morgan fingerprint density at radius 2 is 1.80 bits per heavy atom. The van der Waals surface area contributed by atoms with E-state index in [1.54, 1.807) is 41.3 Å². The lowest BCUT2D eigenvalue weighted by Gasteiger charge is -2.40. The van der Waals surface area contributed by atoms with E-state index in [4.69, 9.17) is 4.42 Å². The van der Waals surface area contributed by atoms with Crippen molar-refractivity contribution in [3.05, 3.63) is 71.0 Å². The number of amides is 1. The Morgan fingerprint density at radius 3 is 2.39 bits per heavy atom. The topological polar surface area (TPSA) is 145 Å². The number of benzene rings is 2. The van der Waals surface area contributed by atoms with Crippen LogP contribution in [0.25, 0.3) is 22.6 Å². The van der Waals surface area contributed by atoms with Crippen molar-refractivity contribution in [2.24, 2.45) is 5.92 Å². The highest BCUT2D eigenvalue weighted by Crippen LogP contribution is 2.34. The average Bonchev–Trinajstić information content (AvgIpc) is 3.44. The van der Waals surface area contributed by atoms with Gasteiger partial charge in [-0.1, -0.05) is 13.8 Å². The van der Waals surface area contributed by atoms with Gasteiger partial charge < -0.3 is 19.7 Å². The Bertz CT molecular complexity index is 1760. The monoisotopic (exact) mass is 606 g/mol. The number of hydrogen-bond donors (Lipinski definition) is 2. The number of piperidine rings is 1. The van der Waals surface area contributed by atoms with E-state index < -0.39 is 35.2 Å². The summed E-state index contributed by atoms with van der Waals surface area (Å²) in [6, 6.07) is 12.7. The largest absolute Gasteiger partial charge is 0.480 e. The number of halogens is 3. The number of alkyl halides is 3. The van der Waals surface area contributed by atoms with Crippen LogP contribution >= 0.6 is 0 Å². The number of aliphatic carboxylic acids is 1. The van der Waals surface area contributed by atoms with E-state index >= 15 is 0 Å². The molecule has 0 saturated carbocycles. The molecule has 13 heteroatoms. The third-order valence-corrected chi connectivity index (χ3v) is 8.01. The van der Waals surface area contributed by atoms with Crippen LogP contribution in [0, 0.1) is 17.2 Å². The van der Waals surface area contributed by atoms with Gasteiger partial charge in [-0.3, -0.25) is 4.79 Å². The molecule has 1 atom stereocenters. The van der Waals surface area contributed by atoms with Gasteiger partial charge in [0.15, 0.2) is 5.58 Å². The number of carbonyl (C=O) groups is 2. The molecule has 10 nitrogen and oxygen atoms in total. The van der Waals surface area contributed by atoms with Crippen LogP contribution in [-0.4, -0.2) is 50.6 Å². The lowest BCUT2D eigenvalue weighted by molar-refractivity contribution is -0.146. The summed E-state index contributed by atoms with van der Waals surface area (Å²) in [6.45, 7) is 5.86. The van der Waals surface area contributed by atoms with Crippen LogP contribution < -0.4 is 10.2 Å². The van der Waals surface area contributed by atoms with Crippen LogP contribution in [0.1, 0.15) is 66.7 Å². The Hall–Kier alpha value is -4.99. The minimum Gasteiger partial charge on any atom is -0.480 e. The first-order valence-corrected chi connectivity index (χ1v) is 14.0. The number of carboxylic acids is 1. The molecular weight excluding hydrogens is 577 g/mol. The molecule has 1 unspecified atom stereocenters. The molecule has 44 heavy (non-hydrogen) atoms. The Labute approximate surface area is 250 Å². The second-order valence-corrected chi connectivity index (χ2v) is 11.2. The molecule has 0 radical (unpaired) electrons. The van der Waals surface area contributed by atoms with Crippen LogP contribution in [0.3, 0.4) is 0 Å². The quantitative estimate of drug-likeness (QED) is 0.267. The van der Waals surface area contributed by atoms with Gasteiger partial charge in [-0.05, 0) is 74.1 Å². The van der Waals surface area contributed by atoms with E-state index in [0.717, 1.165) is 17.8 Å². The van der Waals surface area contributed by atoms with Crippen molar-refractivity contribution in [2.75, 3.05) is 18.0 Å². The summed E-state index contributed by atoms with van der Waals surface area (Å²) in [6.07, 6.45) is -3.00. The van der Waals surface area contributed by atoms with Crippen LogP contribution in [0.15, 0.2) is 53.1 Å². The van der Waals surface area contributed by atoms with E-state index in [-0.39, 0.29) is 43.4 Å². The number of carbonyl (C=O) groups excluding carboxylic acids is 1. The Kier molecular flexibility index (Phi) is 8.03. The smallest absolute Gasteiger partial charge is 0.433 e. The molecule has 2 aromatic heterocycles. The summed E-state index contributed by atoms with van der Waals surface area (Å²) in [5.74, 6) is -1.98. The maximum absolute atomic E-state index is 13.2. The second-order valence-electron chi connectivity index (χ2n) is 11.2. The molecule has 1 saturated heterocycles. The number of anilines is 1. The highest BCUT2D eigenvalue weighted by molar-refractivity contribution is 5.98. The van der Waals surface area contributed by atoms with Crippen molar-refractivity contribution in [1.82, 2.24) is 20.3 Å². The molecule has 2 aromatic carbocycles. The van der Waals surface area contributed by atoms with E-state index in [9.17, 15) is 33.1 Å². The molecule has 1 aliphatic heterocycles. The minimum absolute atomic E-state index is 0.0793. The van der Waals surface area contributed by atoms with Crippen molar-refractivity contribution < 1.29 is 32.3 Å². The van der Waals surface area contributed by atoms with Crippen LogP contribution in [0.5, 0.6) is 0 Å². The van der Waals surface area contributed by atoms with Gasteiger partial charge in [-0.15, -0.1) is 0 Å². The molecule has 0 aliphatic carbocycles. The highest BCUT2D eigenvalue weighted by atomic mass is 19.4. The average molecular weight is 607 g/mol. The standard InChI is InChI=1S/C31H29F3N6O4/c1-17(2)22-14-18(16-35)15-23-25(22)44-27(37-23)20-6-4-19(5-7-20)26(41)39-30(3,28(42)43)21-9-12-40(13-10-21)29-36-11-8-24(38-29)31(32,33)34/h4-8,11,14-15,17,21H,9-10,12-13H2,1-3H3,(H,39,41)(H,42,43). The van der Waals surface area contributed by atoms with Crippen LogP contribution in [-0.2, 0) is 11.0 Å². The maximum atomic E-state index is 13.2. The lowest BCUT2D eigenvalue weighted by Crippen LogP contribution is -2.59. The van der Waals surface area contributed by atoms with Gasteiger partial charge in [0.05, 0.1) is 11.6 Å². The van der Waals surface area contributed by atoms with Crippen molar-refractivity contribution in [2.45, 2.75) is 51.2 Å². The number of oxazole rings is 1. The summed E-state index contributed by atoms with van der Waals surface area (Å²) in [7, 11) is 0. The molecule has 1 fully saturated rings. The Balaban J connectivity index is 1.30. The highest BCUT2D eigenvalue weighted by Gasteiger charge is 2.44. The third-order valence-electron chi connectivity index (χ3n) is 8.01. The molecule has 3 heterocycles. The number of carboxylic acid groups (broad SMARTS) is 1. The second kappa shape index (κ2) is 11.6. The van der Waals surface area contributed by atoms with E-state index in [0.29, 0.717) is 28.1 Å². The summed E-state index contributed by atoms with van der Waals surface area (Å²) < 4.78 is 45.3. The number of hydrogen-bond acceptors (Lipinski definition) is 8. The van der Waals surface area contributed by atoms with Crippen molar-refractivity contribution in [3.8, 4) is 17.5 Å². The zero-order valence-electron chi connectivity index (χ0n) is 24.1. The molecular formula is C31H29F3N6O4. The van der Waals surface area contributed by atoms with Gasteiger partial charge in [-0.2, -0.15) is 18.4 Å². The number of nitriles is 1. The zero-order chi connectivity index (χ0) is 31.8. The number of fused-ring (bicyclic) bond motifs is 1. The van der Waals surface area contributed by atoms with Crippen LogP contribution in [0.4, 0.5) is 19.1 Å². The normalized spacial score (nSPS) is 15.6. The summed E-state index contributed by atoms with van der Waals surface area (Å²) in [5, 5.41) is 22.2. The van der Waals surface area contributed by atoms with E-state index in [1.165, 1.54) is 6.92 Å². The molecule has 1 aliphatic rings. The maximum Gasteiger partial charge on any atom is 0.433 e. The minimum atomic E-state index is -4.61. The summed E-state index contributed by atoms with van der Waals surface area (Å²) >= 11 is 0. The Morgan fingerprint density at radius 1 is 1.11 bits per heavy atom. The molecule has 4 aromatic rings. The number of aromatic nitrogens is 3. The summed E-state index contributed by atoms with van der Waals surface area (Å²) in [5.41, 5.74) is 0.591. The van der Waals surface area contributed by atoms with Crippen molar-refractivity contribution >= 4 is 28.9 Å². The SMILES string of the molecule is CC(C)c1cc(C#N)cc2nc(-c3ccc(C(=O)NC(C)(C(=O)O)C4CCN(c5nccc(C(F)(F)F)n5)CC4)cc3)oc12. The van der Waals surface area contributed by atoms with E-state index in [2.05, 4.69) is 26.3 Å². The van der Waals surface area contributed by atoms with Gasteiger partial charge in [0.25, 0.3) is 5.91 Å². The number of nitrogens with zero attached hydrogens (tertiary/aromatic N) is 5. The fraction of sp³-hybridized carbons (Fsp3) is 0.355. The summed E-state index contributed by atoms with van der Waals surface area (Å²) in [4.78, 5) is 39.3. The molecule has 5 rings (SSSR count). The van der Waals surface area contributed by atoms with Crippen molar-refractivity contribution in [3.63, 3.8) is 0 Å². The first-order valence-electron chi connectivity index (χ1n) is 14.0. The third kappa shape index (κ3) is 5.92. The van der Waals surface area contributed by atoms with Crippen molar-refractivity contribution in [1.29, 1.82) is 5.26 Å². The van der Waals surface area contributed by atoms with Gasteiger partial charge in [0.2, 0.25) is 11.8 Å². The first kappa shape index (κ1) is 30.5. The fourth-order valence-electron chi connectivity index (χ4n) is 5.39.